The molecular weight excluding hydrogens is 370 g/mol. The Labute approximate surface area is 178 Å². The summed E-state index contributed by atoms with van der Waals surface area (Å²) in [6, 6.07) is 19.2. The Morgan fingerprint density at radius 3 is 2.53 bits per heavy atom. The zero-order valence-corrected chi connectivity index (χ0v) is 17.6. The number of hydrogen-bond donors (Lipinski definition) is 1. The minimum Gasteiger partial charge on any atom is -0.361 e. The van der Waals surface area contributed by atoms with Gasteiger partial charge in [0, 0.05) is 43.3 Å². The lowest BCUT2D eigenvalue weighted by Crippen LogP contribution is -2.46. The van der Waals surface area contributed by atoms with Crippen LogP contribution in [0, 0.1) is 5.92 Å². The van der Waals surface area contributed by atoms with Crippen molar-refractivity contribution in [3.63, 3.8) is 0 Å². The lowest BCUT2D eigenvalue weighted by Gasteiger charge is -2.38. The molecular formula is C26H31N3O. The van der Waals surface area contributed by atoms with Gasteiger partial charge in [-0.2, -0.15) is 0 Å². The van der Waals surface area contributed by atoms with E-state index in [4.69, 9.17) is 0 Å². The minimum absolute atomic E-state index is 0.159. The molecule has 2 fully saturated rings. The van der Waals surface area contributed by atoms with E-state index in [-0.39, 0.29) is 5.92 Å². The number of nitrogens with zero attached hydrogens (tertiary/aromatic N) is 2. The van der Waals surface area contributed by atoms with E-state index >= 15 is 0 Å². The van der Waals surface area contributed by atoms with E-state index in [2.05, 4.69) is 75.6 Å². The molecule has 2 saturated heterocycles. The number of aromatic amines is 1. The number of H-pyrrole nitrogens is 1. The molecule has 4 heteroatoms. The average Bonchev–Trinajstić information content (AvgIpc) is 3.24. The largest absolute Gasteiger partial charge is 0.361 e. The summed E-state index contributed by atoms with van der Waals surface area (Å²) in [6.45, 7) is 4.72. The second-order valence-corrected chi connectivity index (χ2v) is 8.95. The molecule has 0 radical (unpaired) electrons. The van der Waals surface area contributed by atoms with E-state index in [9.17, 15) is 4.79 Å². The van der Waals surface area contributed by atoms with Crippen molar-refractivity contribution in [2.75, 3.05) is 26.2 Å². The minimum atomic E-state index is 0.159. The number of likely N-dealkylation sites (tertiary alicyclic amines) is 2. The lowest BCUT2D eigenvalue weighted by molar-refractivity contribution is -0.138. The van der Waals surface area contributed by atoms with Crippen LogP contribution >= 0.6 is 0 Å². The van der Waals surface area contributed by atoms with Crippen LogP contribution in [0.5, 0.6) is 0 Å². The summed E-state index contributed by atoms with van der Waals surface area (Å²) in [7, 11) is 0. The average molecular weight is 402 g/mol. The fraction of sp³-hybridized carbons (Fsp3) is 0.423. The van der Waals surface area contributed by atoms with E-state index in [1.54, 1.807) is 0 Å². The fourth-order valence-electron chi connectivity index (χ4n) is 5.34. The molecule has 5 rings (SSSR count). The number of rotatable bonds is 4. The number of aromatic nitrogens is 1. The van der Waals surface area contributed by atoms with Gasteiger partial charge in [-0.15, -0.1) is 0 Å². The van der Waals surface area contributed by atoms with E-state index in [0.29, 0.717) is 11.8 Å². The molecule has 0 saturated carbocycles. The Bertz CT molecular complexity index is 988. The predicted octanol–water partition coefficient (Wildman–Crippen LogP) is 4.79. The Morgan fingerprint density at radius 1 is 0.933 bits per heavy atom. The lowest BCUT2D eigenvalue weighted by atomic mass is 9.88. The first-order valence-corrected chi connectivity index (χ1v) is 11.4. The molecule has 0 aliphatic carbocycles. The number of nitrogens with one attached hydrogen (secondary N) is 1. The second kappa shape index (κ2) is 8.65. The van der Waals surface area contributed by atoms with Gasteiger partial charge in [-0.3, -0.25) is 9.69 Å². The number of hydrogen-bond acceptors (Lipinski definition) is 2. The van der Waals surface area contributed by atoms with Crippen LogP contribution in [0.3, 0.4) is 0 Å². The molecule has 3 heterocycles. The highest BCUT2D eigenvalue weighted by molar-refractivity contribution is 5.84. The van der Waals surface area contributed by atoms with Gasteiger partial charge in [-0.05, 0) is 55.3 Å². The van der Waals surface area contributed by atoms with E-state index in [1.165, 1.54) is 22.0 Å². The number of amides is 1. The van der Waals surface area contributed by atoms with E-state index in [0.717, 1.165) is 58.4 Å². The molecule has 156 valence electrons. The first kappa shape index (κ1) is 19.4. The van der Waals surface area contributed by atoms with Gasteiger partial charge in [-0.25, -0.2) is 0 Å². The molecule has 1 unspecified atom stereocenters. The summed E-state index contributed by atoms with van der Waals surface area (Å²) in [5, 5.41) is 1.34. The van der Waals surface area contributed by atoms with Crippen molar-refractivity contribution in [2.24, 2.45) is 5.92 Å². The zero-order chi connectivity index (χ0) is 20.3. The van der Waals surface area contributed by atoms with Gasteiger partial charge in [0.15, 0.2) is 0 Å². The molecule has 1 atom stereocenters. The number of para-hydroxylation sites is 1. The van der Waals surface area contributed by atoms with Crippen LogP contribution in [-0.4, -0.2) is 46.9 Å². The van der Waals surface area contributed by atoms with Crippen LogP contribution in [-0.2, 0) is 11.3 Å². The maximum absolute atomic E-state index is 13.2. The summed E-state index contributed by atoms with van der Waals surface area (Å²) in [5.41, 5.74) is 3.97. The Hall–Kier alpha value is -2.59. The van der Waals surface area contributed by atoms with Crippen molar-refractivity contribution < 1.29 is 4.79 Å². The van der Waals surface area contributed by atoms with Gasteiger partial charge in [0.1, 0.15) is 0 Å². The first-order chi connectivity index (χ1) is 14.8. The van der Waals surface area contributed by atoms with Crippen LogP contribution in [0.1, 0.15) is 42.7 Å². The third kappa shape index (κ3) is 4.01. The van der Waals surface area contributed by atoms with Crippen molar-refractivity contribution in [3.05, 3.63) is 71.9 Å². The highest BCUT2D eigenvalue weighted by Gasteiger charge is 2.32. The highest BCUT2D eigenvalue weighted by atomic mass is 16.2. The van der Waals surface area contributed by atoms with Crippen LogP contribution in [0.2, 0.25) is 0 Å². The second-order valence-electron chi connectivity index (χ2n) is 8.95. The van der Waals surface area contributed by atoms with Crippen LogP contribution in [0.25, 0.3) is 10.9 Å². The molecule has 4 nitrogen and oxygen atoms in total. The van der Waals surface area contributed by atoms with Crippen molar-refractivity contribution in [1.29, 1.82) is 0 Å². The summed E-state index contributed by atoms with van der Waals surface area (Å²) in [6.07, 6.45) is 6.46. The molecule has 1 N–H and O–H groups in total. The Balaban J connectivity index is 1.18. The molecule has 2 aliphatic heterocycles. The quantitative estimate of drug-likeness (QED) is 0.683. The predicted molar refractivity (Wildman–Crippen MR) is 121 cm³/mol. The molecule has 1 amide bonds. The van der Waals surface area contributed by atoms with Crippen LogP contribution in [0.4, 0.5) is 0 Å². The zero-order valence-electron chi connectivity index (χ0n) is 17.6. The smallest absolute Gasteiger partial charge is 0.226 e. The molecule has 1 aromatic heterocycles. The molecule has 30 heavy (non-hydrogen) atoms. The van der Waals surface area contributed by atoms with Gasteiger partial charge in [0.2, 0.25) is 5.91 Å². The highest BCUT2D eigenvalue weighted by Crippen LogP contribution is 2.34. The van der Waals surface area contributed by atoms with Crippen molar-refractivity contribution in [3.8, 4) is 0 Å². The number of carbonyl (C=O) groups is 1. The Kier molecular flexibility index (Phi) is 5.58. The fourth-order valence-corrected chi connectivity index (χ4v) is 5.34. The van der Waals surface area contributed by atoms with Gasteiger partial charge in [0.25, 0.3) is 0 Å². The maximum atomic E-state index is 13.2. The van der Waals surface area contributed by atoms with E-state index < -0.39 is 0 Å². The number of piperidine rings is 2. The van der Waals surface area contributed by atoms with Gasteiger partial charge in [-0.1, -0.05) is 48.5 Å². The topological polar surface area (TPSA) is 39.3 Å². The SMILES string of the molecule is O=C(C1CCCN(Cc2ccccc2)C1)N1CCC(c2c[nH]c3ccccc23)CC1. The number of carbonyl (C=O) groups excluding carboxylic acids is 1. The number of fused-ring (bicyclic) bond motifs is 1. The molecule has 0 bridgehead atoms. The third-order valence-electron chi connectivity index (χ3n) is 6.97. The van der Waals surface area contributed by atoms with Gasteiger partial charge >= 0.3 is 0 Å². The Morgan fingerprint density at radius 2 is 1.70 bits per heavy atom. The number of benzene rings is 2. The van der Waals surface area contributed by atoms with Gasteiger partial charge in [0.05, 0.1) is 5.92 Å². The third-order valence-corrected chi connectivity index (χ3v) is 6.97. The molecule has 2 aliphatic rings. The van der Waals surface area contributed by atoms with Crippen molar-refractivity contribution in [2.45, 2.75) is 38.1 Å². The first-order valence-electron chi connectivity index (χ1n) is 11.4. The summed E-state index contributed by atoms with van der Waals surface area (Å²) >= 11 is 0. The molecule has 2 aromatic carbocycles. The normalized spacial score (nSPS) is 21.2. The summed E-state index contributed by atoms with van der Waals surface area (Å²) in [4.78, 5) is 21.3. The van der Waals surface area contributed by atoms with Crippen molar-refractivity contribution >= 4 is 16.8 Å². The standard InChI is InChI=1S/C26H31N3O/c30-26(22-9-6-14-28(19-22)18-20-7-2-1-3-8-20)29-15-12-21(13-16-29)24-17-27-25-11-5-4-10-23(24)25/h1-5,7-8,10-11,17,21-22,27H,6,9,12-16,18-19H2. The van der Waals surface area contributed by atoms with Crippen molar-refractivity contribution in [1.82, 2.24) is 14.8 Å². The van der Waals surface area contributed by atoms with Crippen LogP contribution < -0.4 is 0 Å². The van der Waals surface area contributed by atoms with Crippen LogP contribution in [0.15, 0.2) is 60.8 Å². The maximum Gasteiger partial charge on any atom is 0.226 e. The van der Waals surface area contributed by atoms with Gasteiger partial charge < -0.3 is 9.88 Å². The van der Waals surface area contributed by atoms with E-state index in [1.807, 2.05) is 0 Å². The molecule has 0 spiro atoms. The molecule has 3 aromatic rings. The monoisotopic (exact) mass is 401 g/mol. The summed E-state index contributed by atoms with van der Waals surface area (Å²) in [5.74, 6) is 1.09. The summed E-state index contributed by atoms with van der Waals surface area (Å²) < 4.78 is 0.